The lowest BCUT2D eigenvalue weighted by molar-refractivity contribution is -0.659. The Balaban J connectivity index is 0. The first-order chi connectivity index (χ1) is 43.7. The van der Waals surface area contributed by atoms with Gasteiger partial charge in [-0.2, -0.15) is 0 Å². The van der Waals surface area contributed by atoms with Crippen LogP contribution in [-0.4, -0.2) is 38.2 Å². The quantitative estimate of drug-likeness (QED) is 0.163. The van der Waals surface area contributed by atoms with Gasteiger partial charge in [-0.05, 0) is 75.2 Å². The van der Waals surface area contributed by atoms with E-state index in [0.717, 1.165) is 45.3 Å². The summed E-state index contributed by atoms with van der Waals surface area (Å²) in [7, 11) is 16.4. The van der Waals surface area contributed by atoms with Gasteiger partial charge < -0.3 is 4.42 Å². The Labute approximate surface area is 549 Å². The van der Waals surface area contributed by atoms with Crippen LogP contribution in [0.4, 0.5) is 0 Å². The van der Waals surface area contributed by atoms with Crippen molar-refractivity contribution in [2.75, 3.05) is 0 Å². The van der Waals surface area contributed by atoms with Crippen LogP contribution in [0, 0.1) is 27.7 Å². The third-order valence-corrected chi connectivity index (χ3v) is 14.1. The number of para-hydroxylation sites is 1. The highest BCUT2D eigenvalue weighted by atomic mass is 32.1. The normalized spacial score (nSPS) is 9.33. The van der Waals surface area contributed by atoms with Gasteiger partial charge in [0.2, 0.25) is 0 Å². The highest BCUT2D eigenvalue weighted by Gasteiger charge is 2.22. The van der Waals surface area contributed by atoms with Gasteiger partial charge in [0.05, 0.1) is 73.2 Å². The van der Waals surface area contributed by atoms with E-state index in [2.05, 4.69) is 184 Å². The van der Waals surface area contributed by atoms with Crippen LogP contribution in [0.25, 0.3) is 87.8 Å². The van der Waals surface area contributed by atoms with Crippen molar-refractivity contribution in [3.63, 3.8) is 0 Å². The van der Waals surface area contributed by atoms with Gasteiger partial charge in [0.15, 0.2) is 5.69 Å². The summed E-state index contributed by atoms with van der Waals surface area (Å²) in [4.78, 5) is 16.5. The predicted molar refractivity (Wildman–Crippen MR) is 392 cm³/mol. The second kappa shape index (κ2) is 46.1. The summed E-state index contributed by atoms with van der Waals surface area (Å²) in [5.41, 5.74) is 11.1. The number of furan rings is 1. The van der Waals surface area contributed by atoms with Crippen LogP contribution in [0.5, 0.6) is 0 Å². The second-order valence-corrected chi connectivity index (χ2v) is 19.1. The van der Waals surface area contributed by atoms with Crippen molar-refractivity contribution in [2.24, 2.45) is 56.4 Å². The van der Waals surface area contributed by atoms with Crippen molar-refractivity contribution >= 4 is 53.4 Å². The first-order valence-electron chi connectivity index (χ1n) is 33.1. The minimum absolute atomic E-state index is 0.943. The molecule has 0 aliphatic rings. The summed E-state index contributed by atoms with van der Waals surface area (Å²) in [6.45, 7) is 48.4. The summed E-state index contributed by atoms with van der Waals surface area (Å²) in [5.74, 6) is 4.62. The molecule has 0 radical (unpaired) electrons. The number of imidazole rings is 4. The van der Waals surface area contributed by atoms with Crippen LogP contribution in [0.1, 0.15) is 161 Å². The zero-order chi connectivity index (χ0) is 69.4. The SMILES string of the molecule is CC.CC.CC.CC.CC.CC.CC.CC.CC.CC.Cc1cc2c(cc1-c1n(C)cc[n+]1C)oc1ccccc12.Cc1cc2c(cc1-c1n(C)cc[n+]1C)sc1ccccc12.Cc1cncnc1-c1n(C)cc[n+]1C.Cc1ncncc1-c1n(C)cc[n+]1C. The van der Waals surface area contributed by atoms with Gasteiger partial charge in [-0.3, -0.25) is 0 Å². The maximum absolute atomic E-state index is 6.01. The summed E-state index contributed by atoms with van der Waals surface area (Å²) < 4.78 is 25.6. The van der Waals surface area contributed by atoms with Gasteiger partial charge >= 0.3 is 5.82 Å². The second-order valence-electron chi connectivity index (χ2n) is 18.0. The monoisotopic (exact) mass is 1250 g/mol. The third kappa shape index (κ3) is 21.6. The number of thiophene rings is 1. The Kier molecular flexibility index (Phi) is 43.0. The molecule has 12 rings (SSSR count). The number of aromatic nitrogens is 12. The summed E-state index contributed by atoms with van der Waals surface area (Å²) in [6.07, 6.45) is 23.2. The summed E-state index contributed by atoms with van der Waals surface area (Å²) >= 11 is 1.88. The fourth-order valence-corrected chi connectivity index (χ4v) is 10.4. The molecular formula is C76H120N12OS+4. The van der Waals surface area contributed by atoms with Crippen LogP contribution in [0.2, 0.25) is 0 Å². The summed E-state index contributed by atoms with van der Waals surface area (Å²) in [5, 5.41) is 5.10. The van der Waals surface area contributed by atoms with E-state index in [0.29, 0.717) is 0 Å². The van der Waals surface area contributed by atoms with Gasteiger partial charge in [-0.25, -0.2) is 56.5 Å². The molecule has 0 fully saturated rings. The van der Waals surface area contributed by atoms with Crippen LogP contribution in [0.15, 0.2) is 152 Å². The Morgan fingerprint density at radius 2 is 0.756 bits per heavy atom. The topological polar surface area (TPSA) is 99.9 Å². The number of hydrogen-bond acceptors (Lipinski definition) is 6. The number of nitrogens with zero attached hydrogens (tertiary/aromatic N) is 12. The van der Waals surface area contributed by atoms with Crippen molar-refractivity contribution in [1.29, 1.82) is 0 Å². The maximum atomic E-state index is 6.01. The van der Waals surface area contributed by atoms with E-state index < -0.39 is 0 Å². The van der Waals surface area contributed by atoms with Gasteiger partial charge in [0.1, 0.15) is 79.0 Å². The first-order valence-corrected chi connectivity index (χ1v) is 33.9. The fraction of sp³-hybridized carbons (Fsp3) is 0.421. The van der Waals surface area contributed by atoms with E-state index in [1.165, 1.54) is 64.8 Å². The highest BCUT2D eigenvalue weighted by Crippen LogP contribution is 2.38. The largest absolute Gasteiger partial charge is 0.456 e. The van der Waals surface area contributed by atoms with Crippen LogP contribution in [-0.2, 0) is 56.4 Å². The van der Waals surface area contributed by atoms with Crippen molar-refractivity contribution in [3.05, 3.63) is 170 Å². The van der Waals surface area contributed by atoms with Crippen LogP contribution in [0.3, 0.4) is 0 Å². The predicted octanol–water partition coefficient (Wildman–Crippen LogP) is 19.4. The number of benzene rings is 4. The van der Waals surface area contributed by atoms with E-state index in [1.54, 1.807) is 12.7 Å². The standard InChI is InChI=1S/C18H17N2O.C18H17N2S.2C10H13N4.10C2H6/c2*1-12-10-15-13-6-4-5-7-16(13)21-17(15)11-14(12)18-19(2)8-9-20(18)3;1-8-9(6-11-7-12-8)10-13(2)4-5-14(10)3;1-8-6-11-7-12-9(8)10-13(2)4-5-14(10)3;10*1-2/h2*4-11H,1-3H3;2*4-7H,1-3H3;10*1-2H3/q4*+1;;;;;;;;;;. The molecule has 0 saturated heterocycles. The number of hydrogen-bond donors (Lipinski definition) is 0. The van der Waals surface area contributed by atoms with E-state index in [4.69, 9.17) is 4.42 Å². The molecule has 0 amide bonds. The van der Waals surface area contributed by atoms with Gasteiger partial charge in [0, 0.05) is 48.9 Å². The molecule has 0 unspecified atom stereocenters. The molecule has 0 aliphatic heterocycles. The van der Waals surface area contributed by atoms with Crippen LogP contribution >= 0.6 is 11.3 Å². The minimum Gasteiger partial charge on any atom is -0.456 e. The molecular weight excluding hydrogens is 1130 g/mol. The van der Waals surface area contributed by atoms with Gasteiger partial charge in [-0.15, -0.1) is 11.3 Å². The van der Waals surface area contributed by atoms with E-state index in [1.807, 2.05) is 241 Å². The fourth-order valence-electron chi connectivity index (χ4n) is 9.32. The van der Waals surface area contributed by atoms with Crippen molar-refractivity contribution < 1.29 is 22.7 Å². The molecule has 4 aromatic carbocycles. The molecule has 0 atom stereocenters. The molecule has 12 aromatic rings. The molecule has 0 saturated carbocycles. The lowest BCUT2D eigenvalue weighted by Gasteiger charge is -2.04. The minimum atomic E-state index is 0.943. The number of fused-ring (bicyclic) bond motifs is 6. The van der Waals surface area contributed by atoms with Crippen LogP contribution < -0.4 is 18.3 Å². The van der Waals surface area contributed by atoms with E-state index >= 15 is 0 Å². The van der Waals surface area contributed by atoms with E-state index in [9.17, 15) is 0 Å². The Morgan fingerprint density at radius 1 is 0.367 bits per heavy atom. The zero-order valence-electron chi connectivity index (χ0n) is 62.0. The molecule has 8 aromatic heterocycles. The average Bonchev–Trinajstić information content (AvgIpc) is 1.65. The molecule has 0 aliphatic carbocycles. The zero-order valence-corrected chi connectivity index (χ0v) is 62.9. The number of rotatable bonds is 4. The molecule has 0 N–H and O–H groups in total. The van der Waals surface area contributed by atoms with Crippen molar-refractivity contribution in [3.8, 4) is 45.7 Å². The third-order valence-electron chi connectivity index (χ3n) is 12.9. The Morgan fingerprint density at radius 3 is 1.20 bits per heavy atom. The maximum Gasteiger partial charge on any atom is 0.307 e. The molecule has 13 nitrogen and oxygen atoms in total. The number of aryl methyl sites for hydroxylation is 12. The molecule has 14 heteroatoms. The molecule has 90 heavy (non-hydrogen) atoms. The van der Waals surface area contributed by atoms with E-state index in [-0.39, 0.29) is 0 Å². The lowest BCUT2D eigenvalue weighted by Crippen LogP contribution is -2.29. The van der Waals surface area contributed by atoms with Crippen molar-refractivity contribution in [2.45, 2.75) is 166 Å². The first kappa shape index (κ1) is 84.0. The van der Waals surface area contributed by atoms with Gasteiger partial charge in [0.25, 0.3) is 17.5 Å². The molecule has 0 bridgehead atoms. The smallest absolute Gasteiger partial charge is 0.307 e. The molecule has 492 valence electrons. The lowest BCUT2D eigenvalue weighted by atomic mass is 10.0. The highest BCUT2D eigenvalue weighted by molar-refractivity contribution is 7.25. The van der Waals surface area contributed by atoms with Crippen molar-refractivity contribution in [1.82, 2.24) is 38.2 Å². The van der Waals surface area contributed by atoms with Gasteiger partial charge in [-0.1, -0.05) is 175 Å². The Bertz CT molecular complexity index is 3520. The molecule has 0 spiro atoms. The Hall–Kier alpha value is -8.10. The summed E-state index contributed by atoms with van der Waals surface area (Å²) in [6, 6.07) is 25.9. The average molecular weight is 1250 g/mol. The molecule has 8 heterocycles.